The molecule has 0 bridgehead atoms. The van der Waals surface area contributed by atoms with Crippen LogP contribution < -0.4 is 4.74 Å². The minimum Gasteiger partial charge on any atom is -0.496 e. The summed E-state index contributed by atoms with van der Waals surface area (Å²) in [5, 5.41) is 9.53. The molecule has 0 spiro atoms. The smallest absolute Gasteiger partial charge is 0.312 e. The maximum absolute atomic E-state index is 13.1. The predicted octanol–water partition coefficient (Wildman–Crippen LogP) is 3.39. The van der Waals surface area contributed by atoms with E-state index in [0.717, 1.165) is 24.1 Å². The number of fused-ring (bicyclic) bond motifs is 1. The van der Waals surface area contributed by atoms with E-state index in [4.69, 9.17) is 4.74 Å². The molecule has 0 fully saturated rings. The third kappa shape index (κ3) is 2.70. The van der Waals surface area contributed by atoms with Crippen molar-refractivity contribution in [1.29, 1.82) is 0 Å². The van der Waals surface area contributed by atoms with Gasteiger partial charge in [-0.15, -0.1) is 0 Å². The summed E-state index contributed by atoms with van der Waals surface area (Å²) in [5.41, 5.74) is 2.62. The van der Waals surface area contributed by atoms with Gasteiger partial charge in [0.2, 0.25) is 5.78 Å². The topological polar surface area (TPSA) is 68.5 Å². The van der Waals surface area contributed by atoms with Gasteiger partial charge in [-0.05, 0) is 43.5 Å². The molecule has 2 aromatic rings. The number of aliphatic carboxylic acids is 1. The number of hydrogen-bond donors (Lipinski definition) is 1. The fourth-order valence-electron chi connectivity index (χ4n) is 3.52. The largest absolute Gasteiger partial charge is 0.496 e. The number of aryl methyl sites for hydroxylation is 1. The molecule has 24 heavy (non-hydrogen) atoms. The number of carboxylic acids is 1. The highest BCUT2D eigenvalue weighted by atomic mass is 16.5. The van der Waals surface area contributed by atoms with Crippen molar-refractivity contribution in [3.63, 3.8) is 0 Å². The van der Waals surface area contributed by atoms with Gasteiger partial charge in [0.25, 0.3) is 0 Å². The maximum Gasteiger partial charge on any atom is 0.312 e. The van der Waals surface area contributed by atoms with Gasteiger partial charge in [0.05, 0.1) is 24.3 Å². The zero-order valence-corrected chi connectivity index (χ0v) is 13.9. The quantitative estimate of drug-likeness (QED) is 0.874. The lowest BCUT2D eigenvalue weighted by Crippen LogP contribution is -2.17. The minimum absolute atomic E-state index is 0.123. The Labute approximate surface area is 140 Å². The fourth-order valence-corrected chi connectivity index (χ4v) is 3.52. The van der Waals surface area contributed by atoms with Crippen molar-refractivity contribution in [3.05, 3.63) is 52.8 Å². The second-order valence-corrected chi connectivity index (χ2v) is 6.17. The number of methoxy groups -OCH3 is 1. The Kier molecular flexibility index (Phi) is 4.42. The van der Waals surface area contributed by atoms with Crippen LogP contribution in [-0.4, -0.2) is 28.5 Å². The molecule has 1 unspecified atom stereocenters. The summed E-state index contributed by atoms with van der Waals surface area (Å²) in [6, 6.07) is 8.98. The van der Waals surface area contributed by atoms with Crippen LogP contribution in [-0.2, 0) is 11.3 Å². The maximum atomic E-state index is 13.1. The van der Waals surface area contributed by atoms with Crippen molar-refractivity contribution in [1.82, 2.24) is 4.57 Å². The molecule has 5 nitrogen and oxygen atoms in total. The molecule has 2 heterocycles. The van der Waals surface area contributed by atoms with Crippen molar-refractivity contribution in [2.45, 2.75) is 38.6 Å². The number of carboxylic acid groups (broad SMARTS) is 1. The van der Waals surface area contributed by atoms with E-state index in [0.29, 0.717) is 30.0 Å². The van der Waals surface area contributed by atoms with E-state index in [1.807, 2.05) is 23.6 Å². The molecule has 0 saturated heterocycles. The number of hydrogen-bond acceptors (Lipinski definition) is 3. The van der Waals surface area contributed by atoms with E-state index in [2.05, 4.69) is 0 Å². The summed E-state index contributed by atoms with van der Waals surface area (Å²) >= 11 is 0. The van der Waals surface area contributed by atoms with Gasteiger partial charge in [-0.3, -0.25) is 9.59 Å². The predicted molar refractivity (Wildman–Crippen MR) is 89.8 cm³/mol. The second-order valence-electron chi connectivity index (χ2n) is 6.17. The lowest BCUT2D eigenvalue weighted by atomic mass is 9.99. The SMILES string of the molecule is COc1ccccc1C(=O)c1c(C)cc2n1CCCCC2C(=O)O. The van der Waals surface area contributed by atoms with Crippen LogP contribution in [0.25, 0.3) is 0 Å². The minimum atomic E-state index is -0.827. The van der Waals surface area contributed by atoms with E-state index >= 15 is 0 Å². The number of aromatic nitrogens is 1. The summed E-state index contributed by atoms with van der Waals surface area (Å²) in [7, 11) is 1.54. The van der Waals surface area contributed by atoms with Crippen molar-refractivity contribution >= 4 is 11.8 Å². The summed E-state index contributed by atoms with van der Waals surface area (Å²) in [6.07, 6.45) is 2.33. The molecule has 1 aliphatic heterocycles. The molecule has 1 atom stereocenters. The van der Waals surface area contributed by atoms with E-state index in [9.17, 15) is 14.7 Å². The van der Waals surface area contributed by atoms with Crippen LogP contribution in [0.3, 0.4) is 0 Å². The zero-order valence-electron chi connectivity index (χ0n) is 13.9. The third-order valence-corrected chi connectivity index (χ3v) is 4.67. The molecule has 1 aromatic heterocycles. The third-order valence-electron chi connectivity index (χ3n) is 4.67. The molecule has 1 aliphatic rings. The Morgan fingerprint density at radius 2 is 2.00 bits per heavy atom. The molecule has 3 rings (SSSR count). The van der Waals surface area contributed by atoms with Crippen LogP contribution in [0.4, 0.5) is 0 Å². The zero-order chi connectivity index (χ0) is 17.3. The lowest BCUT2D eigenvalue weighted by Gasteiger charge is -2.14. The van der Waals surface area contributed by atoms with Gasteiger partial charge in [-0.1, -0.05) is 18.6 Å². The summed E-state index contributed by atoms with van der Waals surface area (Å²) in [5.74, 6) is -0.972. The Morgan fingerprint density at radius 1 is 1.25 bits per heavy atom. The molecule has 0 saturated carbocycles. The Bertz CT molecular complexity index is 791. The van der Waals surface area contributed by atoms with Crippen LogP contribution >= 0.6 is 0 Å². The van der Waals surface area contributed by atoms with Crippen LogP contribution in [0.15, 0.2) is 30.3 Å². The number of rotatable bonds is 4. The first-order valence-corrected chi connectivity index (χ1v) is 8.15. The molecule has 126 valence electrons. The highest BCUT2D eigenvalue weighted by Gasteiger charge is 2.30. The Morgan fingerprint density at radius 3 is 2.71 bits per heavy atom. The number of nitrogens with zero attached hydrogens (tertiary/aromatic N) is 1. The number of ketones is 1. The molecular formula is C19H21NO4. The average Bonchev–Trinajstić information content (AvgIpc) is 2.76. The van der Waals surface area contributed by atoms with Crippen LogP contribution in [0.2, 0.25) is 0 Å². The summed E-state index contributed by atoms with van der Waals surface area (Å²) in [4.78, 5) is 24.7. The normalized spacial score (nSPS) is 17.0. The molecule has 5 heteroatoms. The van der Waals surface area contributed by atoms with Gasteiger partial charge in [0.1, 0.15) is 5.75 Å². The van der Waals surface area contributed by atoms with Crippen LogP contribution in [0.1, 0.15) is 52.5 Å². The molecule has 0 amide bonds. The monoisotopic (exact) mass is 327 g/mol. The molecular weight excluding hydrogens is 306 g/mol. The number of benzene rings is 1. The van der Waals surface area contributed by atoms with E-state index < -0.39 is 11.9 Å². The number of carbonyl (C=O) groups is 2. The fraction of sp³-hybridized carbons (Fsp3) is 0.368. The summed E-state index contributed by atoms with van der Waals surface area (Å²) < 4.78 is 7.21. The van der Waals surface area contributed by atoms with E-state index in [1.54, 1.807) is 18.2 Å². The number of ether oxygens (including phenoxy) is 1. The molecule has 0 aliphatic carbocycles. The van der Waals surface area contributed by atoms with Gasteiger partial charge < -0.3 is 14.4 Å². The first-order chi connectivity index (χ1) is 11.5. The molecule has 1 N–H and O–H groups in total. The Balaban J connectivity index is 2.12. The van der Waals surface area contributed by atoms with E-state index in [1.165, 1.54) is 7.11 Å². The lowest BCUT2D eigenvalue weighted by molar-refractivity contribution is -0.139. The average molecular weight is 327 g/mol. The van der Waals surface area contributed by atoms with Gasteiger partial charge in [0.15, 0.2) is 0 Å². The van der Waals surface area contributed by atoms with Gasteiger partial charge in [-0.25, -0.2) is 0 Å². The number of para-hydroxylation sites is 1. The van der Waals surface area contributed by atoms with Gasteiger partial charge >= 0.3 is 5.97 Å². The summed E-state index contributed by atoms with van der Waals surface area (Å²) in [6.45, 7) is 2.53. The van der Waals surface area contributed by atoms with Crippen molar-refractivity contribution in [3.8, 4) is 5.75 Å². The standard InChI is InChI=1S/C19H21NO4/c1-12-11-15-13(19(22)23)7-5-6-10-20(15)17(12)18(21)14-8-3-4-9-16(14)24-2/h3-4,8-9,11,13H,5-7,10H2,1-2H3,(H,22,23). The highest BCUT2D eigenvalue weighted by Crippen LogP contribution is 2.33. The van der Waals surface area contributed by atoms with Gasteiger partial charge in [0, 0.05) is 12.2 Å². The second kappa shape index (κ2) is 6.51. The first-order valence-electron chi connectivity index (χ1n) is 8.15. The molecule has 0 radical (unpaired) electrons. The number of carbonyl (C=O) groups excluding carboxylic acids is 1. The Hall–Kier alpha value is -2.56. The highest BCUT2D eigenvalue weighted by molar-refractivity contribution is 6.10. The van der Waals surface area contributed by atoms with Gasteiger partial charge in [-0.2, -0.15) is 0 Å². The van der Waals surface area contributed by atoms with Crippen LogP contribution in [0, 0.1) is 6.92 Å². The molecule has 1 aromatic carbocycles. The van der Waals surface area contributed by atoms with Crippen molar-refractivity contribution < 1.29 is 19.4 Å². The van der Waals surface area contributed by atoms with Crippen molar-refractivity contribution in [2.24, 2.45) is 0 Å². The van der Waals surface area contributed by atoms with Crippen molar-refractivity contribution in [2.75, 3.05) is 7.11 Å². The van der Waals surface area contributed by atoms with Crippen LogP contribution in [0.5, 0.6) is 5.75 Å². The first kappa shape index (κ1) is 16.3. The van der Waals surface area contributed by atoms with E-state index in [-0.39, 0.29) is 5.78 Å².